The Morgan fingerprint density at radius 2 is 2.33 bits per heavy atom. The Labute approximate surface area is 113 Å². The van der Waals surface area contributed by atoms with Gasteiger partial charge in [0.2, 0.25) is 0 Å². The van der Waals surface area contributed by atoms with Crippen molar-refractivity contribution in [3.63, 3.8) is 0 Å². The fourth-order valence-electron chi connectivity index (χ4n) is 1.21. The van der Waals surface area contributed by atoms with Gasteiger partial charge in [0, 0.05) is 6.54 Å². The van der Waals surface area contributed by atoms with Gasteiger partial charge in [-0.3, -0.25) is 4.79 Å². The number of rotatable bonds is 6. The van der Waals surface area contributed by atoms with Gasteiger partial charge in [-0.2, -0.15) is 0 Å². The van der Waals surface area contributed by atoms with Crippen molar-refractivity contribution in [2.24, 2.45) is 0 Å². The first-order valence-corrected chi connectivity index (χ1v) is 6.31. The lowest BCUT2D eigenvalue weighted by molar-refractivity contribution is -0.123. The monoisotopic (exact) mass is 319 g/mol. The number of hydrogen-bond donors (Lipinski definition) is 2. The summed E-state index contributed by atoms with van der Waals surface area (Å²) in [5.74, 6) is -0.260. The van der Waals surface area contributed by atoms with Gasteiger partial charge in [0.25, 0.3) is 5.91 Å². The van der Waals surface area contributed by atoms with E-state index in [1.54, 1.807) is 6.92 Å². The number of halogens is 2. The second-order valence-corrected chi connectivity index (χ2v) is 4.71. The average molecular weight is 320 g/mol. The second-order valence-electron chi connectivity index (χ2n) is 3.85. The molecule has 0 spiro atoms. The molecule has 0 radical (unpaired) electrons. The topological polar surface area (TPSA) is 58.6 Å². The normalized spacial score (nSPS) is 12.0. The third kappa shape index (κ3) is 5.46. The van der Waals surface area contributed by atoms with Crippen molar-refractivity contribution in [3.05, 3.63) is 28.5 Å². The molecule has 1 amide bonds. The number of carbonyl (C=O) groups is 1. The summed E-state index contributed by atoms with van der Waals surface area (Å²) in [5.41, 5.74) is 0. The van der Waals surface area contributed by atoms with Crippen molar-refractivity contribution in [2.75, 3.05) is 13.2 Å². The zero-order valence-electron chi connectivity index (χ0n) is 9.95. The van der Waals surface area contributed by atoms with Gasteiger partial charge >= 0.3 is 0 Å². The van der Waals surface area contributed by atoms with E-state index in [4.69, 9.17) is 9.84 Å². The molecule has 0 aliphatic carbocycles. The predicted octanol–water partition coefficient (Wildman–Crippen LogP) is 1.85. The zero-order chi connectivity index (χ0) is 13.5. The predicted molar refractivity (Wildman–Crippen MR) is 68.9 cm³/mol. The molecule has 0 saturated heterocycles. The van der Waals surface area contributed by atoms with E-state index in [2.05, 4.69) is 21.2 Å². The molecule has 1 aromatic rings. The minimum Gasteiger partial charge on any atom is -0.483 e. The Morgan fingerprint density at radius 3 is 2.94 bits per heavy atom. The van der Waals surface area contributed by atoms with Gasteiger partial charge in [0.1, 0.15) is 11.6 Å². The molecular weight excluding hydrogens is 305 g/mol. The highest BCUT2D eigenvalue weighted by Gasteiger charge is 2.06. The zero-order valence-corrected chi connectivity index (χ0v) is 11.5. The third-order valence-electron chi connectivity index (χ3n) is 2.14. The van der Waals surface area contributed by atoms with Gasteiger partial charge in [-0.25, -0.2) is 4.39 Å². The summed E-state index contributed by atoms with van der Waals surface area (Å²) < 4.78 is 18.5. The van der Waals surface area contributed by atoms with Crippen LogP contribution in [0.2, 0.25) is 0 Å². The number of nitrogens with one attached hydrogen (secondary N) is 1. The summed E-state index contributed by atoms with van der Waals surface area (Å²) in [4.78, 5) is 11.4. The molecule has 0 heterocycles. The molecule has 0 bridgehead atoms. The van der Waals surface area contributed by atoms with Gasteiger partial charge in [0.05, 0.1) is 10.6 Å². The molecule has 1 atom stereocenters. The smallest absolute Gasteiger partial charge is 0.257 e. The highest BCUT2D eigenvalue weighted by Crippen LogP contribution is 2.25. The van der Waals surface area contributed by atoms with Gasteiger partial charge in [-0.05, 0) is 47.5 Å². The average Bonchev–Trinajstić information content (AvgIpc) is 2.27. The van der Waals surface area contributed by atoms with Crippen LogP contribution < -0.4 is 10.1 Å². The van der Waals surface area contributed by atoms with E-state index >= 15 is 0 Å². The number of carbonyl (C=O) groups excluding carboxylic acids is 1. The van der Waals surface area contributed by atoms with Crippen LogP contribution in [0, 0.1) is 5.82 Å². The van der Waals surface area contributed by atoms with Crippen molar-refractivity contribution >= 4 is 21.8 Å². The Kier molecular flexibility index (Phi) is 6.07. The molecular formula is C12H15BrFNO3. The molecule has 0 fully saturated rings. The fraction of sp³-hybridized carbons (Fsp3) is 0.417. The molecule has 1 unspecified atom stereocenters. The maximum absolute atomic E-state index is 12.8. The molecule has 1 rings (SSSR count). The SMILES string of the molecule is CC(O)CCNC(=O)COc1ccc(F)cc1Br. The largest absolute Gasteiger partial charge is 0.483 e. The summed E-state index contributed by atoms with van der Waals surface area (Å²) in [6.07, 6.45) is 0.0453. The van der Waals surface area contributed by atoms with E-state index in [9.17, 15) is 9.18 Å². The summed E-state index contributed by atoms with van der Waals surface area (Å²) in [5, 5.41) is 11.6. The van der Waals surface area contributed by atoms with Crippen LogP contribution in [0.25, 0.3) is 0 Å². The summed E-state index contributed by atoms with van der Waals surface area (Å²) in [6.45, 7) is 1.90. The standard InChI is InChI=1S/C12H15BrFNO3/c1-8(16)4-5-15-12(17)7-18-11-3-2-9(14)6-10(11)13/h2-3,6,8,16H,4-5,7H2,1H3,(H,15,17). The summed E-state index contributed by atoms with van der Waals surface area (Å²) in [7, 11) is 0. The molecule has 6 heteroatoms. The molecule has 0 saturated carbocycles. The van der Waals surface area contributed by atoms with Gasteiger partial charge < -0.3 is 15.2 Å². The summed E-state index contributed by atoms with van der Waals surface area (Å²) >= 11 is 3.14. The molecule has 18 heavy (non-hydrogen) atoms. The van der Waals surface area contributed by atoms with Gasteiger partial charge in [-0.15, -0.1) is 0 Å². The first-order chi connectivity index (χ1) is 8.49. The second kappa shape index (κ2) is 7.33. The van der Waals surface area contributed by atoms with Crippen LogP contribution in [0.3, 0.4) is 0 Å². The third-order valence-corrected chi connectivity index (χ3v) is 2.76. The Morgan fingerprint density at radius 1 is 1.61 bits per heavy atom. The molecule has 2 N–H and O–H groups in total. The molecule has 0 aliphatic rings. The van der Waals surface area contributed by atoms with Crippen molar-refractivity contribution in [3.8, 4) is 5.75 Å². The number of amides is 1. The molecule has 100 valence electrons. The van der Waals surface area contributed by atoms with E-state index in [0.29, 0.717) is 23.2 Å². The Hall–Kier alpha value is -1.14. The lowest BCUT2D eigenvalue weighted by Gasteiger charge is -2.09. The Balaban J connectivity index is 2.33. The van der Waals surface area contributed by atoms with Crippen molar-refractivity contribution in [1.82, 2.24) is 5.32 Å². The maximum Gasteiger partial charge on any atom is 0.257 e. The van der Waals surface area contributed by atoms with E-state index < -0.39 is 6.10 Å². The van der Waals surface area contributed by atoms with E-state index in [1.165, 1.54) is 18.2 Å². The minimum atomic E-state index is -0.447. The van der Waals surface area contributed by atoms with Gasteiger partial charge in [-0.1, -0.05) is 0 Å². The summed E-state index contributed by atoms with van der Waals surface area (Å²) in [6, 6.07) is 3.97. The quantitative estimate of drug-likeness (QED) is 0.841. The maximum atomic E-state index is 12.8. The number of benzene rings is 1. The highest BCUT2D eigenvalue weighted by molar-refractivity contribution is 9.10. The van der Waals surface area contributed by atoms with Crippen LogP contribution in [-0.4, -0.2) is 30.3 Å². The van der Waals surface area contributed by atoms with Crippen LogP contribution in [0.15, 0.2) is 22.7 Å². The van der Waals surface area contributed by atoms with Crippen LogP contribution in [0.1, 0.15) is 13.3 Å². The molecule has 0 aromatic heterocycles. The van der Waals surface area contributed by atoms with Crippen LogP contribution >= 0.6 is 15.9 Å². The van der Waals surface area contributed by atoms with Crippen molar-refractivity contribution in [2.45, 2.75) is 19.4 Å². The Bertz CT molecular complexity index is 412. The van der Waals surface area contributed by atoms with Crippen LogP contribution in [0.5, 0.6) is 5.75 Å². The molecule has 0 aliphatic heterocycles. The van der Waals surface area contributed by atoms with Crippen LogP contribution in [-0.2, 0) is 4.79 Å². The first kappa shape index (κ1) is 14.9. The van der Waals surface area contributed by atoms with E-state index in [1.807, 2.05) is 0 Å². The van der Waals surface area contributed by atoms with Crippen LogP contribution in [0.4, 0.5) is 4.39 Å². The number of ether oxygens (including phenoxy) is 1. The lowest BCUT2D eigenvalue weighted by atomic mass is 10.3. The van der Waals surface area contributed by atoms with E-state index in [0.717, 1.165) is 0 Å². The van der Waals surface area contributed by atoms with Crippen molar-refractivity contribution < 1.29 is 19.0 Å². The number of hydrogen-bond acceptors (Lipinski definition) is 3. The van der Waals surface area contributed by atoms with E-state index in [-0.39, 0.29) is 18.3 Å². The fourth-order valence-corrected chi connectivity index (χ4v) is 1.67. The number of aliphatic hydroxyl groups is 1. The highest BCUT2D eigenvalue weighted by atomic mass is 79.9. The molecule has 4 nitrogen and oxygen atoms in total. The minimum absolute atomic E-state index is 0.149. The first-order valence-electron chi connectivity index (χ1n) is 5.51. The number of aliphatic hydroxyl groups excluding tert-OH is 1. The molecule has 1 aromatic carbocycles. The lowest BCUT2D eigenvalue weighted by Crippen LogP contribution is -2.31. The van der Waals surface area contributed by atoms with Crippen molar-refractivity contribution in [1.29, 1.82) is 0 Å². The van der Waals surface area contributed by atoms with Gasteiger partial charge in [0.15, 0.2) is 6.61 Å².